The number of carbonyl (C=O) groups excluding carboxylic acids is 3. The molecule has 0 aromatic heterocycles. The molecule has 3 saturated heterocycles. The van der Waals surface area contributed by atoms with Crippen molar-refractivity contribution in [1.29, 1.82) is 0 Å². The highest BCUT2D eigenvalue weighted by atomic mass is 16.7. The first-order chi connectivity index (χ1) is 22.8. The third-order valence-corrected chi connectivity index (χ3v) is 11.0. The van der Waals surface area contributed by atoms with Crippen LogP contribution in [0.3, 0.4) is 0 Å². The molecule has 0 aromatic carbocycles. The van der Waals surface area contributed by atoms with Crippen molar-refractivity contribution in [2.75, 3.05) is 74.6 Å². The van der Waals surface area contributed by atoms with E-state index >= 15 is 0 Å². The number of rotatable bonds is 7. The van der Waals surface area contributed by atoms with Crippen LogP contribution in [0.2, 0.25) is 0 Å². The van der Waals surface area contributed by atoms with Gasteiger partial charge in [-0.15, -0.1) is 0 Å². The summed E-state index contributed by atoms with van der Waals surface area (Å²) >= 11 is 0. The highest BCUT2D eigenvalue weighted by molar-refractivity contribution is 6.04. The Morgan fingerprint density at radius 1 is 1.04 bits per heavy atom. The molecule has 1 amide bonds. The molecule has 1 unspecified atom stereocenters. The number of likely N-dealkylation sites (tertiary alicyclic amines) is 1. The molecule has 0 saturated carbocycles. The molecule has 3 rings (SSSR count). The number of methoxy groups -OCH3 is 1. The van der Waals surface area contributed by atoms with Crippen molar-refractivity contribution in [3.05, 3.63) is 0 Å². The molecular formula is C36H66N4O9. The summed E-state index contributed by atoms with van der Waals surface area (Å²) in [6.45, 7) is 13.8. The van der Waals surface area contributed by atoms with Crippen LogP contribution in [-0.2, 0) is 33.3 Å². The summed E-state index contributed by atoms with van der Waals surface area (Å²) in [4.78, 5) is 48.9. The first-order valence-corrected chi connectivity index (χ1v) is 18.1. The molecule has 9 atom stereocenters. The zero-order chi connectivity index (χ0) is 36.8. The number of ether oxygens (including phenoxy) is 4. The molecule has 0 radical (unpaired) electrons. The average molecular weight is 699 g/mol. The number of Topliss-reactive ketones (excluding diaryl/α,β-unsaturated/α-hetero) is 1. The fourth-order valence-corrected chi connectivity index (χ4v) is 7.84. The first-order valence-electron chi connectivity index (χ1n) is 18.1. The molecule has 3 aliphatic heterocycles. The molecule has 3 heterocycles. The van der Waals surface area contributed by atoms with Gasteiger partial charge in [-0.05, 0) is 93.4 Å². The zero-order valence-electron chi connectivity index (χ0n) is 32.0. The standard InChI is InChI=1S/C36H66N4O9/c1-23-18-36(6,46-11)32(49-33-30(43)28(37(7)8)17-24(2)48-33)25(3)31(44)35(4,5)34(45)47-16-12-13-26(14-15-38(9)19-23)39(10)29(42)22-40-20-27(41)21-40/h23-28,30,32-33,41,43H,12-22H2,1-11H3/t23-,24-,25+,26?,28+,30-,32-,33+,36-/m1/s1. The Hall–Kier alpha value is -1.71. The number of ketones is 1. The largest absolute Gasteiger partial charge is 0.465 e. The number of amides is 1. The number of hydrogen-bond donors (Lipinski definition) is 2. The highest BCUT2D eigenvalue weighted by Gasteiger charge is 2.51. The van der Waals surface area contributed by atoms with E-state index in [9.17, 15) is 24.6 Å². The number of hydrogen-bond acceptors (Lipinski definition) is 12. The summed E-state index contributed by atoms with van der Waals surface area (Å²) in [6, 6.07) is -0.276. The summed E-state index contributed by atoms with van der Waals surface area (Å²) in [5.41, 5.74) is -2.46. The van der Waals surface area contributed by atoms with Gasteiger partial charge in [0, 0.05) is 51.8 Å². The average Bonchev–Trinajstić information content (AvgIpc) is 3.01. The minimum absolute atomic E-state index is 0.00297. The Balaban J connectivity index is 1.89. The second-order valence-corrected chi connectivity index (χ2v) is 16.1. The maximum Gasteiger partial charge on any atom is 0.319 e. The molecule has 3 fully saturated rings. The molecule has 3 aliphatic rings. The molecule has 49 heavy (non-hydrogen) atoms. The van der Waals surface area contributed by atoms with Crippen molar-refractivity contribution >= 4 is 17.7 Å². The van der Waals surface area contributed by atoms with Crippen LogP contribution in [0.5, 0.6) is 0 Å². The van der Waals surface area contributed by atoms with Gasteiger partial charge >= 0.3 is 5.97 Å². The predicted molar refractivity (Wildman–Crippen MR) is 186 cm³/mol. The fourth-order valence-electron chi connectivity index (χ4n) is 7.84. The summed E-state index contributed by atoms with van der Waals surface area (Å²) in [5.74, 6) is -1.67. The van der Waals surface area contributed by atoms with Gasteiger partial charge in [0.05, 0.1) is 37.1 Å². The highest BCUT2D eigenvalue weighted by Crippen LogP contribution is 2.38. The van der Waals surface area contributed by atoms with Gasteiger partial charge in [0.25, 0.3) is 0 Å². The lowest BCUT2D eigenvalue weighted by Crippen LogP contribution is -2.59. The molecule has 0 aromatic rings. The Kier molecular flexibility index (Phi) is 15.0. The minimum atomic E-state index is -1.48. The number of cyclic esters (lactones) is 1. The van der Waals surface area contributed by atoms with Gasteiger partial charge < -0.3 is 43.9 Å². The van der Waals surface area contributed by atoms with Gasteiger partial charge in [-0.2, -0.15) is 0 Å². The van der Waals surface area contributed by atoms with E-state index < -0.39 is 41.4 Å². The van der Waals surface area contributed by atoms with Crippen LogP contribution in [-0.4, -0.2) is 170 Å². The molecule has 284 valence electrons. The Labute approximate surface area is 294 Å². The molecule has 13 heteroatoms. The van der Waals surface area contributed by atoms with Crippen molar-refractivity contribution in [2.45, 2.75) is 122 Å². The Morgan fingerprint density at radius 2 is 1.69 bits per heavy atom. The van der Waals surface area contributed by atoms with Crippen LogP contribution in [0, 0.1) is 17.3 Å². The van der Waals surface area contributed by atoms with Crippen LogP contribution >= 0.6 is 0 Å². The van der Waals surface area contributed by atoms with E-state index in [1.807, 2.05) is 44.8 Å². The number of β-amino-alcohol motifs (C(OH)–C–C–N with tert-alkyl or cyclic N) is 1. The monoisotopic (exact) mass is 698 g/mol. The second kappa shape index (κ2) is 17.7. The quantitative estimate of drug-likeness (QED) is 0.295. The van der Waals surface area contributed by atoms with Gasteiger partial charge in [-0.25, -0.2) is 0 Å². The molecule has 2 N–H and O–H groups in total. The van der Waals surface area contributed by atoms with Crippen LogP contribution in [0.1, 0.15) is 73.6 Å². The number of carbonyl (C=O) groups is 3. The third kappa shape index (κ3) is 10.7. The van der Waals surface area contributed by atoms with Crippen LogP contribution in [0.15, 0.2) is 0 Å². The van der Waals surface area contributed by atoms with Gasteiger partial charge in [-0.1, -0.05) is 13.8 Å². The maximum atomic E-state index is 14.3. The van der Waals surface area contributed by atoms with Gasteiger partial charge in [-0.3, -0.25) is 19.3 Å². The smallest absolute Gasteiger partial charge is 0.319 e. The number of esters is 1. The van der Waals surface area contributed by atoms with Gasteiger partial charge in [0.1, 0.15) is 11.5 Å². The molecular weight excluding hydrogens is 632 g/mol. The fraction of sp³-hybridized carbons (Fsp3) is 0.917. The number of aliphatic hydroxyl groups excluding tert-OH is 2. The SMILES string of the molecule is CO[C@]1(C)C[C@@H](C)CN(C)CCC(N(C)C(=O)CN2CC(O)C2)CCCOC(=O)C(C)(C)C(=O)[C@H](C)[C@H]1O[C@@H]1O[C@H](C)C[C@H](N(C)C)[C@H]1O. The summed E-state index contributed by atoms with van der Waals surface area (Å²) in [7, 11) is 9.31. The number of aliphatic hydroxyl groups is 2. The first kappa shape index (κ1) is 41.7. The van der Waals surface area contributed by atoms with Crippen molar-refractivity contribution in [1.82, 2.24) is 19.6 Å². The topological polar surface area (TPSA) is 142 Å². The van der Waals surface area contributed by atoms with Crippen LogP contribution < -0.4 is 0 Å². The van der Waals surface area contributed by atoms with Crippen molar-refractivity contribution in [2.24, 2.45) is 17.3 Å². The maximum absolute atomic E-state index is 14.3. The molecule has 0 aliphatic carbocycles. The Bertz CT molecular complexity index is 1100. The third-order valence-electron chi connectivity index (χ3n) is 11.0. The van der Waals surface area contributed by atoms with E-state index in [2.05, 4.69) is 18.9 Å². The lowest BCUT2D eigenvalue weighted by molar-refractivity contribution is -0.295. The van der Waals surface area contributed by atoms with E-state index in [-0.39, 0.29) is 55.1 Å². The van der Waals surface area contributed by atoms with Crippen molar-refractivity contribution < 1.29 is 43.5 Å². The molecule has 13 nitrogen and oxygen atoms in total. The van der Waals surface area contributed by atoms with E-state index in [0.29, 0.717) is 38.8 Å². The van der Waals surface area contributed by atoms with Crippen molar-refractivity contribution in [3.8, 4) is 0 Å². The lowest BCUT2D eigenvalue weighted by atomic mass is 9.74. The van der Waals surface area contributed by atoms with E-state index in [1.54, 1.807) is 32.8 Å². The summed E-state index contributed by atoms with van der Waals surface area (Å²) < 4.78 is 24.7. The van der Waals surface area contributed by atoms with Crippen LogP contribution in [0.25, 0.3) is 0 Å². The molecule has 0 bridgehead atoms. The zero-order valence-corrected chi connectivity index (χ0v) is 32.0. The van der Waals surface area contributed by atoms with Gasteiger partial charge in [0.15, 0.2) is 12.1 Å². The van der Waals surface area contributed by atoms with Crippen LogP contribution in [0.4, 0.5) is 0 Å². The Morgan fingerprint density at radius 3 is 2.29 bits per heavy atom. The van der Waals surface area contributed by atoms with E-state index in [1.165, 1.54) is 0 Å². The molecule has 0 spiro atoms. The lowest BCUT2D eigenvalue weighted by Gasteiger charge is -2.47. The van der Waals surface area contributed by atoms with Gasteiger partial charge in [0.2, 0.25) is 5.91 Å². The summed E-state index contributed by atoms with van der Waals surface area (Å²) in [5, 5.41) is 21.0. The van der Waals surface area contributed by atoms with Crippen molar-refractivity contribution in [3.63, 3.8) is 0 Å². The number of nitrogens with zero attached hydrogens (tertiary/aromatic N) is 4. The van der Waals surface area contributed by atoms with E-state index in [0.717, 1.165) is 19.5 Å². The number of likely N-dealkylation sites (N-methyl/N-ethyl adjacent to an activating group) is 2. The predicted octanol–water partition coefficient (Wildman–Crippen LogP) is 1.62. The summed E-state index contributed by atoms with van der Waals surface area (Å²) in [6.07, 6.45) is -0.315. The van der Waals surface area contributed by atoms with E-state index in [4.69, 9.17) is 18.9 Å². The normalized spacial score (nSPS) is 36.9. The minimum Gasteiger partial charge on any atom is -0.465 e. The second-order valence-electron chi connectivity index (χ2n) is 16.1.